The van der Waals surface area contributed by atoms with E-state index in [9.17, 15) is 0 Å². The van der Waals surface area contributed by atoms with E-state index < -0.39 is 0 Å². The second kappa shape index (κ2) is 5.69. The Balaban J connectivity index is 1.83. The molecule has 0 amide bonds. The first-order valence-electron chi connectivity index (χ1n) is 5.97. The second-order valence-corrected chi connectivity index (χ2v) is 6.29. The fraction of sp³-hybridized carbons (Fsp3) is 0.143. The molecule has 3 aromatic rings. The third-order valence-corrected chi connectivity index (χ3v) is 4.93. The molecule has 2 aromatic carbocycles. The van der Waals surface area contributed by atoms with Crippen LogP contribution in [0.2, 0.25) is 0 Å². The van der Waals surface area contributed by atoms with E-state index in [1.54, 1.807) is 28.6 Å². The van der Waals surface area contributed by atoms with Crippen LogP contribution in [0.3, 0.4) is 0 Å². The number of aromatic nitrogens is 2. The molecule has 3 rings (SSSR count). The van der Waals surface area contributed by atoms with Gasteiger partial charge in [0.2, 0.25) is 0 Å². The molecule has 0 radical (unpaired) electrons. The Morgan fingerprint density at radius 1 is 1.16 bits per heavy atom. The normalized spacial score (nSPS) is 12.7. The molecule has 0 saturated carbocycles. The van der Waals surface area contributed by atoms with Crippen molar-refractivity contribution in [2.45, 2.75) is 10.4 Å². The summed E-state index contributed by atoms with van der Waals surface area (Å²) in [4.78, 5) is 0. The molecule has 0 spiro atoms. The Morgan fingerprint density at radius 3 is 2.84 bits per heavy atom. The Kier molecular flexibility index (Phi) is 3.77. The van der Waals surface area contributed by atoms with Gasteiger partial charge >= 0.3 is 0 Å². The molecule has 0 aliphatic heterocycles. The minimum atomic E-state index is -0.000000000000000222. The summed E-state index contributed by atoms with van der Waals surface area (Å²) in [5.74, 6) is 0.809. The predicted octanol–water partition coefficient (Wildman–Crippen LogP) is 3.48. The van der Waals surface area contributed by atoms with Gasteiger partial charge in [0.1, 0.15) is 5.51 Å². The van der Waals surface area contributed by atoms with Gasteiger partial charge < -0.3 is 5.73 Å². The van der Waals surface area contributed by atoms with Crippen LogP contribution in [0.1, 0.15) is 11.6 Å². The van der Waals surface area contributed by atoms with E-state index in [0.29, 0.717) is 0 Å². The monoisotopic (exact) mass is 287 g/mol. The zero-order valence-electron chi connectivity index (χ0n) is 10.2. The summed E-state index contributed by atoms with van der Waals surface area (Å²) in [5.41, 5.74) is 9.25. The number of hydrogen-bond donors (Lipinski definition) is 1. The van der Waals surface area contributed by atoms with Crippen molar-refractivity contribution in [1.82, 2.24) is 10.2 Å². The number of nitrogens with two attached hydrogens (primary N) is 1. The summed E-state index contributed by atoms with van der Waals surface area (Å²) < 4.78 is 0.968. The third kappa shape index (κ3) is 2.78. The summed E-state index contributed by atoms with van der Waals surface area (Å²) in [6.45, 7) is 0. The maximum absolute atomic E-state index is 6.31. The van der Waals surface area contributed by atoms with Crippen molar-refractivity contribution in [2.24, 2.45) is 5.73 Å². The molecular formula is C14H13N3S2. The zero-order valence-corrected chi connectivity index (χ0v) is 11.8. The number of hydrogen-bond acceptors (Lipinski definition) is 5. The SMILES string of the molecule is NC(CSc1nncs1)c1cccc2ccccc12. The predicted molar refractivity (Wildman–Crippen MR) is 81.5 cm³/mol. The van der Waals surface area contributed by atoms with E-state index in [4.69, 9.17) is 5.73 Å². The van der Waals surface area contributed by atoms with Crippen molar-refractivity contribution in [2.75, 3.05) is 5.75 Å². The van der Waals surface area contributed by atoms with Crippen molar-refractivity contribution >= 4 is 33.9 Å². The van der Waals surface area contributed by atoms with E-state index in [2.05, 4.69) is 46.6 Å². The fourth-order valence-electron chi connectivity index (χ4n) is 2.05. The lowest BCUT2D eigenvalue weighted by molar-refractivity contribution is 0.838. The van der Waals surface area contributed by atoms with Crippen LogP contribution in [0.15, 0.2) is 52.3 Å². The molecule has 1 atom stereocenters. The Bertz CT molecular complexity index is 662. The summed E-state index contributed by atoms with van der Waals surface area (Å²) in [6.07, 6.45) is 0. The van der Waals surface area contributed by atoms with Gasteiger partial charge in [0, 0.05) is 11.8 Å². The molecule has 0 fully saturated rings. The molecule has 1 heterocycles. The van der Waals surface area contributed by atoms with Gasteiger partial charge in [-0.25, -0.2) is 0 Å². The van der Waals surface area contributed by atoms with Crippen LogP contribution in [0.5, 0.6) is 0 Å². The van der Waals surface area contributed by atoms with Crippen LogP contribution in [-0.2, 0) is 0 Å². The first-order valence-corrected chi connectivity index (χ1v) is 7.83. The minimum Gasteiger partial charge on any atom is -0.323 e. The topological polar surface area (TPSA) is 51.8 Å². The van der Waals surface area contributed by atoms with Crippen molar-refractivity contribution in [3.05, 3.63) is 53.5 Å². The number of nitrogens with zero attached hydrogens (tertiary/aromatic N) is 2. The highest BCUT2D eigenvalue weighted by Crippen LogP contribution is 2.28. The third-order valence-electron chi connectivity index (χ3n) is 2.95. The van der Waals surface area contributed by atoms with E-state index in [1.807, 2.05) is 6.07 Å². The zero-order chi connectivity index (χ0) is 13.1. The molecule has 0 aliphatic rings. The summed E-state index contributed by atoms with van der Waals surface area (Å²) in [6, 6.07) is 14.6. The van der Waals surface area contributed by atoms with Crippen molar-refractivity contribution < 1.29 is 0 Å². The van der Waals surface area contributed by atoms with Gasteiger partial charge in [0.15, 0.2) is 4.34 Å². The molecule has 2 N–H and O–H groups in total. The lowest BCUT2D eigenvalue weighted by Crippen LogP contribution is -2.13. The fourth-order valence-corrected chi connectivity index (χ4v) is 3.54. The van der Waals surface area contributed by atoms with Gasteiger partial charge in [0.05, 0.1) is 0 Å². The van der Waals surface area contributed by atoms with Gasteiger partial charge in [-0.2, -0.15) is 0 Å². The molecular weight excluding hydrogens is 274 g/mol. The summed E-state index contributed by atoms with van der Waals surface area (Å²) in [7, 11) is 0. The lowest BCUT2D eigenvalue weighted by Gasteiger charge is -2.13. The van der Waals surface area contributed by atoms with Crippen LogP contribution < -0.4 is 5.73 Å². The van der Waals surface area contributed by atoms with Crippen molar-refractivity contribution in [3.63, 3.8) is 0 Å². The van der Waals surface area contributed by atoms with E-state index in [-0.39, 0.29) is 6.04 Å². The molecule has 0 bridgehead atoms. The molecule has 5 heteroatoms. The molecule has 96 valence electrons. The molecule has 19 heavy (non-hydrogen) atoms. The Labute approximate surface area is 119 Å². The molecule has 0 saturated heterocycles. The number of fused-ring (bicyclic) bond motifs is 1. The van der Waals surface area contributed by atoms with Gasteiger partial charge in [-0.3, -0.25) is 0 Å². The minimum absolute atomic E-state index is 0.000000000000000222. The Morgan fingerprint density at radius 2 is 2.00 bits per heavy atom. The smallest absolute Gasteiger partial charge is 0.174 e. The van der Waals surface area contributed by atoms with E-state index in [0.717, 1.165) is 10.1 Å². The first-order chi connectivity index (χ1) is 9.34. The van der Waals surface area contributed by atoms with Crippen LogP contribution in [-0.4, -0.2) is 16.0 Å². The summed E-state index contributed by atoms with van der Waals surface area (Å²) in [5, 5.41) is 10.3. The number of thioether (sulfide) groups is 1. The van der Waals surface area contributed by atoms with Crippen molar-refractivity contribution in [3.8, 4) is 0 Å². The van der Waals surface area contributed by atoms with Gasteiger partial charge in [-0.05, 0) is 16.3 Å². The maximum atomic E-state index is 6.31. The average molecular weight is 287 g/mol. The maximum Gasteiger partial charge on any atom is 0.174 e. The summed E-state index contributed by atoms with van der Waals surface area (Å²) >= 11 is 3.21. The van der Waals surface area contributed by atoms with E-state index >= 15 is 0 Å². The second-order valence-electron chi connectivity index (χ2n) is 4.19. The quantitative estimate of drug-likeness (QED) is 0.746. The molecule has 3 nitrogen and oxygen atoms in total. The highest BCUT2D eigenvalue weighted by molar-refractivity contribution is 8.01. The first kappa shape index (κ1) is 12.6. The van der Waals surface area contributed by atoms with Crippen molar-refractivity contribution in [1.29, 1.82) is 0 Å². The number of benzene rings is 2. The van der Waals surface area contributed by atoms with E-state index in [1.165, 1.54) is 16.3 Å². The standard InChI is InChI=1S/C14H13N3S2/c15-13(8-18-14-17-16-9-19-14)12-7-3-5-10-4-1-2-6-11(10)12/h1-7,9,13H,8,15H2. The highest BCUT2D eigenvalue weighted by Gasteiger charge is 2.11. The van der Waals surface area contributed by atoms with Gasteiger partial charge in [0.25, 0.3) is 0 Å². The Hall–Kier alpha value is -1.43. The van der Waals surface area contributed by atoms with Crippen LogP contribution >= 0.6 is 23.1 Å². The molecule has 1 aromatic heterocycles. The van der Waals surface area contributed by atoms with Crippen LogP contribution in [0.25, 0.3) is 10.8 Å². The van der Waals surface area contributed by atoms with Gasteiger partial charge in [-0.1, -0.05) is 65.6 Å². The van der Waals surface area contributed by atoms with Gasteiger partial charge in [-0.15, -0.1) is 10.2 Å². The largest absolute Gasteiger partial charge is 0.323 e. The number of rotatable bonds is 4. The van der Waals surface area contributed by atoms with Crippen LogP contribution in [0.4, 0.5) is 0 Å². The molecule has 1 unspecified atom stereocenters. The average Bonchev–Trinajstić information content (AvgIpc) is 2.97. The highest BCUT2D eigenvalue weighted by atomic mass is 32.2. The van der Waals surface area contributed by atoms with Crippen LogP contribution in [0, 0.1) is 0 Å². The lowest BCUT2D eigenvalue weighted by atomic mass is 10.0. The molecule has 0 aliphatic carbocycles.